The summed E-state index contributed by atoms with van der Waals surface area (Å²) >= 11 is 0. The molecule has 2 rings (SSSR count). The van der Waals surface area contributed by atoms with Crippen LogP contribution in [0.4, 0.5) is 0 Å². The Hall–Kier alpha value is -2.06. The fourth-order valence-corrected chi connectivity index (χ4v) is 1.81. The van der Waals surface area contributed by atoms with Crippen molar-refractivity contribution < 1.29 is 55.9 Å². The molecule has 178 valence electrons. The molecule has 0 heterocycles. The summed E-state index contributed by atoms with van der Waals surface area (Å²) in [5.74, 6) is -0.00755. The van der Waals surface area contributed by atoms with E-state index in [2.05, 4.69) is 9.98 Å². The molecule has 0 amide bonds. The SMILES string of the molecule is C[C@@H](N)CN=Cc1ccccc1[O-].C[C@H](N)CN=Cc1ccccc1[O-].[Co+3].[O-][Cl+3]([O-])([O-])[O-]. The molecule has 32 heavy (non-hydrogen) atoms. The van der Waals surface area contributed by atoms with Crippen LogP contribution in [0.15, 0.2) is 58.5 Å². The molecule has 0 spiro atoms. The van der Waals surface area contributed by atoms with Gasteiger partial charge in [0, 0.05) is 24.5 Å². The molecule has 0 unspecified atom stereocenters. The van der Waals surface area contributed by atoms with Gasteiger partial charge in [-0.2, -0.15) is 0 Å². The van der Waals surface area contributed by atoms with Crippen molar-refractivity contribution in [2.24, 2.45) is 21.5 Å². The molecule has 0 radical (unpaired) electrons. The van der Waals surface area contributed by atoms with Crippen molar-refractivity contribution in [3.05, 3.63) is 59.7 Å². The van der Waals surface area contributed by atoms with Crippen molar-refractivity contribution in [3.8, 4) is 11.5 Å². The van der Waals surface area contributed by atoms with Crippen LogP contribution in [0, 0.1) is 10.2 Å². The molecule has 2 atom stereocenters. The first-order chi connectivity index (χ1) is 14.4. The Kier molecular flexibility index (Phi) is 17.6. The smallest absolute Gasteiger partial charge is 0.872 e. The first-order valence-corrected chi connectivity index (χ1v) is 10.3. The molecule has 2 aromatic rings. The van der Waals surface area contributed by atoms with Crippen LogP contribution >= 0.6 is 0 Å². The van der Waals surface area contributed by atoms with Crippen molar-refractivity contribution in [1.29, 1.82) is 0 Å². The Bertz CT molecular complexity index is 749. The van der Waals surface area contributed by atoms with Crippen LogP contribution in [-0.4, -0.2) is 37.6 Å². The topological polar surface area (TPSA) is 215 Å². The molecule has 10 nitrogen and oxygen atoms in total. The predicted octanol–water partition coefficient (Wildman–Crippen LogP) is -3.71. The average Bonchev–Trinajstić information content (AvgIpc) is 2.64. The van der Waals surface area contributed by atoms with Crippen LogP contribution in [-0.2, 0) is 16.8 Å². The third-order valence-electron chi connectivity index (χ3n) is 3.09. The summed E-state index contributed by atoms with van der Waals surface area (Å²) in [5.41, 5.74) is 12.2. The van der Waals surface area contributed by atoms with Gasteiger partial charge in [0.05, 0.1) is 13.1 Å². The first-order valence-electron chi connectivity index (χ1n) is 9.04. The molecular formula is C20H26ClCoN4O6. The molecule has 0 saturated heterocycles. The normalized spacial score (nSPS) is 12.8. The van der Waals surface area contributed by atoms with Crippen LogP contribution in [0.5, 0.6) is 11.5 Å². The van der Waals surface area contributed by atoms with Gasteiger partial charge >= 0.3 is 16.8 Å². The van der Waals surface area contributed by atoms with E-state index in [1.165, 1.54) is 12.1 Å². The van der Waals surface area contributed by atoms with Gasteiger partial charge in [-0.25, -0.2) is 18.6 Å². The van der Waals surface area contributed by atoms with Gasteiger partial charge in [-0.1, -0.05) is 48.5 Å². The van der Waals surface area contributed by atoms with Gasteiger partial charge in [-0.15, -0.1) is 21.7 Å². The molecule has 0 aliphatic heterocycles. The molecule has 0 fully saturated rings. The zero-order valence-corrected chi connectivity index (χ0v) is 19.3. The number of benzene rings is 2. The van der Waals surface area contributed by atoms with Gasteiger partial charge in [-0.05, 0) is 25.0 Å². The number of halogens is 1. The number of aliphatic imine (C=N–C) groups is 2. The minimum Gasteiger partial charge on any atom is -0.872 e. The van der Waals surface area contributed by atoms with E-state index in [0.717, 1.165) is 0 Å². The maximum absolute atomic E-state index is 11.2. The van der Waals surface area contributed by atoms with E-state index in [1.807, 2.05) is 26.0 Å². The summed E-state index contributed by atoms with van der Waals surface area (Å²) in [6.07, 6.45) is 3.15. The van der Waals surface area contributed by atoms with Gasteiger partial charge in [-0.3, -0.25) is 9.98 Å². The average molecular weight is 513 g/mol. The molecule has 0 aliphatic rings. The van der Waals surface area contributed by atoms with Crippen LogP contribution in [0.3, 0.4) is 0 Å². The van der Waals surface area contributed by atoms with E-state index in [-0.39, 0.29) is 40.4 Å². The van der Waals surface area contributed by atoms with E-state index in [4.69, 9.17) is 30.1 Å². The van der Waals surface area contributed by atoms with Crippen LogP contribution in [0.2, 0.25) is 0 Å². The molecule has 0 aliphatic carbocycles. The van der Waals surface area contributed by atoms with E-state index >= 15 is 0 Å². The van der Waals surface area contributed by atoms with E-state index < -0.39 is 10.2 Å². The Morgan fingerprint density at radius 1 is 0.750 bits per heavy atom. The fraction of sp³-hybridized carbons (Fsp3) is 0.300. The van der Waals surface area contributed by atoms with E-state index in [1.54, 1.807) is 36.7 Å². The van der Waals surface area contributed by atoms with Crippen molar-refractivity contribution in [3.63, 3.8) is 0 Å². The second-order valence-corrected chi connectivity index (χ2v) is 7.15. The minimum atomic E-state index is -4.94. The molecule has 2 aromatic carbocycles. The quantitative estimate of drug-likeness (QED) is 0.366. The maximum Gasteiger partial charge on any atom is 3.00 e. The molecule has 0 bridgehead atoms. The zero-order chi connectivity index (χ0) is 23.9. The van der Waals surface area contributed by atoms with Crippen molar-refractivity contribution in [2.45, 2.75) is 25.9 Å². The maximum atomic E-state index is 11.2. The summed E-state index contributed by atoms with van der Waals surface area (Å²) < 4.78 is 34.0. The van der Waals surface area contributed by atoms with Gasteiger partial charge in [0.25, 0.3) is 0 Å². The largest absolute Gasteiger partial charge is 3.00 e. The molecular weight excluding hydrogens is 487 g/mol. The number of hydrogen-bond donors (Lipinski definition) is 2. The van der Waals surface area contributed by atoms with Crippen LogP contribution < -0.4 is 40.3 Å². The molecule has 0 saturated carbocycles. The molecule has 4 N–H and O–H groups in total. The Labute approximate surface area is 199 Å². The van der Waals surface area contributed by atoms with Crippen LogP contribution in [0.1, 0.15) is 25.0 Å². The molecule has 12 heteroatoms. The summed E-state index contributed by atoms with van der Waals surface area (Å²) in [5, 5.41) is 22.3. The third-order valence-corrected chi connectivity index (χ3v) is 3.09. The summed E-state index contributed by atoms with van der Waals surface area (Å²) in [7, 11) is -4.94. The van der Waals surface area contributed by atoms with E-state index in [0.29, 0.717) is 24.2 Å². The molecule has 0 aromatic heterocycles. The van der Waals surface area contributed by atoms with Gasteiger partial charge in [0.15, 0.2) is 0 Å². The third kappa shape index (κ3) is 19.9. The van der Waals surface area contributed by atoms with Crippen molar-refractivity contribution in [1.82, 2.24) is 0 Å². The standard InChI is InChI=1S/2C10H14N2O.ClHO4.Co/c2*1-8(11)6-12-7-9-4-2-3-5-10(9)13;2-1(3,4)5;/h2*2-5,7-8,13H,6,11H2,1H3;(H,2,3,4,5);/q;;;+3/p-3/t2*8-;;/m10../s1. The van der Waals surface area contributed by atoms with E-state index in [9.17, 15) is 10.2 Å². The zero-order valence-electron chi connectivity index (χ0n) is 17.6. The fourth-order valence-electron chi connectivity index (χ4n) is 1.81. The van der Waals surface area contributed by atoms with Crippen LogP contribution in [0.25, 0.3) is 0 Å². The first kappa shape index (κ1) is 32.1. The summed E-state index contributed by atoms with van der Waals surface area (Å²) in [6, 6.07) is 13.7. The Morgan fingerprint density at radius 3 is 1.28 bits per heavy atom. The van der Waals surface area contributed by atoms with Crippen molar-refractivity contribution >= 4 is 12.4 Å². The minimum absolute atomic E-state index is 0. The van der Waals surface area contributed by atoms with Gasteiger partial charge < -0.3 is 21.7 Å². The number of nitrogens with two attached hydrogens (primary N) is 2. The summed E-state index contributed by atoms with van der Waals surface area (Å²) in [4.78, 5) is 8.10. The second kappa shape index (κ2) is 17.5. The van der Waals surface area contributed by atoms with Gasteiger partial charge in [0.2, 0.25) is 0 Å². The Morgan fingerprint density at radius 2 is 1.03 bits per heavy atom. The second-order valence-electron chi connectivity index (χ2n) is 6.40. The predicted molar refractivity (Wildman–Crippen MR) is 104 cm³/mol. The number of para-hydroxylation sites is 2. The summed E-state index contributed by atoms with van der Waals surface area (Å²) in [6.45, 7) is 4.85. The van der Waals surface area contributed by atoms with Gasteiger partial charge in [0.1, 0.15) is 0 Å². The number of hydrogen-bond acceptors (Lipinski definition) is 10. The Balaban J connectivity index is 0. The number of rotatable bonds is 6. The monoisotopic (exact) mass is 512 g/mol. The van der Waals surface area contributed by atoms with Crippen molar-refractivity contribution in [2.75, 3.05) is 13.1 Å². The number of nitrogens with zero attached hydrogens (tertiary/aromatic N) is 2.